The van der Waals surface area contributed by atoms with Crippen molar-refractivity contribution in [3.05, 3.63) is 15.6 Å². The number of hydrogen-bond acceptors (Lipinski definition) is 4. The third kappa shape index (κ3) is 3.77. The van der Waals surface area contributed by atoms with Gasteiger partial charge >= 0.3 is 0 Å². The highest BCUT2D eigenvalue weighted by Crippen LogP contribution is 2.39. The molecule has 1 aliphatic rings. The van der Waals surface area contributed by atoms with Gasteiger partial charge in [0.25, 0.3) is 0 Å². The van der Waals surface area contributed by atoms with Crippen LogP contribution < -0.4 is 5.32 Å². The smallest absolute Gasteiger partial charge is 0.122 e. The van der Waals surface area contributed by atoms with Crippen molar-refractivity contribution in [3.8, 4) is 0 Å². The molecule has 1 atom stereocenters. The van der Waals surface area contributed by atoms with Crippen molar-refractivity contribution >= 4 is 11.3 Å². The maximum absolute atomic E-state index is 6.04. The van der Waals surface area contributed by atoms with Crippen LogP contribution >= 0.6 is 11.3 Å². The molecular formula is C15H26N2OS. The Hall–Kier alpha value is -0.450. The summed E-state index contributed by atoms with van der Waals surface area (Å²) in [7, 11) is 1.99. The van der Waals surface area contributed by atoms with Crippen LogP contribution in [0.15, 0.2) is 0 Å². The Morgan fingerprint density at radius 1 is 1.37 bits per heavy atom. The van der Waals surface area contributed by atoms with E-state index in [1.807, 2.05) is 18.4 Å². The molecule has 1 saturated carbocycles. The highest BCUT2D eigenvalue weighted by Gasteiger charge is 2.28. The van der Waals surface area contributed by atoms with Gasteiger partial charge < -0.3 is 10.1 Å². The minimum absolute atomic E-state index is 0.222. The van der Waals surface area contributed by atoms with E-state index in [2.05, 4.69) is 19.2 Å². The Bertz CT molecular complexity index is 385. The lowest BCUT2D eigenvalue weighted by molar-refractivity contribution is 0.00545. The first-order valence-corrected chi connectivity index (χ1v) is 8.30. The zero-order chi connectivity index (χ0) is 13.7. The van der Waals surface area contributed by atoms with Crippen molar-refractivity contribution < 1.29 is 4.74 Å². The molecule has 2 rings (SSSR count). The largest absolute Gasteiger partial charge is 0.371 e. The molecule has 1 N–H and O–H groups in total. The van der Waals surface area contributed by atoms with Crippen LogP contribution in [0.2, 0.25) is 0 Å². The average Bonchev–Trinajstić information content (AvgIpc) is 2.79. The number of rotatable bonds is 6. The van der Waals surface area contributed by atoms with E-state index >= 15 is 0 Å². The Kier molecular flexibility index (Phi) is 5.79. The lowest BCUT2D eigenvalue weighted by atomic mass is 9.85. The van der Waals surface area contributed by atoms with Gasteiger partial charge in [0, 0.05) is 18.0 Å². The van der Waals surface area contributed by atoms with Crippen molar-refractivity contribution in [3.63, 3.8) is 0 Å². The molecule has 3 nitrogen and oxygen atoms in total. The van der Waals surface area contributed by atoms with Crippen LogP contribution in [-0.2, 0) is 11.3 Å². The van der Waals surface area contributed by atoms with Gasteiger partial charge in [-0.05, 0) is 39.7 Å². The number of aryl methyl sites for hydroxylation is 1. The van der Waals surface area contributed by atoms with Crippen LogP contribution in [0, 0.1) is 12.8 Å². The highest BCUT2D eigenvalue weighted by molar-refractivity contribution is 7.11. The Morgan fingerprint density at radius 2 is 2.11 bits per heavy atom. The van der Waals surface area contributed by atoms with Gasteiger partial charge in [0.15, 0.2) is 0 Å². The summed E-state index contributed by atoms with van der Waals surface area (Å²) in [5.74, 6) is 0.668. The van der Waals surface area contributed by atoms with E-state index < -0.39 is 0 Å². The summed E-state index contributed by atoms with van der Waals surface area (Å²) in [6.07, 6.45) is 6.90. The predicted molar refractivity (Wildman–Crippen MR) is 80.6 cm³/mol. The summed E-state index contributed by atoms with van der Waals surface area (Å²) in [5, 5.41) is 4.41. The zero-order valence-corrected chi connectivity index (χ0v) is 13.2. The van der Waals surface area contributed by atoms with E-state index in [0.29, 0.717) is 5.92 Å². The second-order valence-electron chi connectivity index (χ2n) is 5.37. The van der Waals surface area contributed by atoms with E-state index in [-0.39, 0.29) is 6.10 Å². The summed E-state index contributed by atoms with van der Waals surface area (Å²) in [6.45, 7) is 5.88. The summed E-state index contributed by atoms with van der Waals surface area (Å²) < 4.78 is 6.04. The fraction of sp³-hybridized carbons (Fsp3) is 0.800. The van der Waals surface area contributed by atoms with E-state index in [0.717, 1.165) is 18.8 Å². The third-order valence-corrected chi connectivity index (χ3v) is 5.13. The molecule has 0 saturated heterocycles. The highest BCUT2D eigenvalue weighted by atomic mass is 32.1. The lowest BCUT2D eigenvalue weighted by Gasteiger charge is -2.28. The molecule has 1 fully saturated rings. The van der Waals surface area contributed by atoms with E-state index in [1.165, 1.54) is 42.0 Å². The van der Waals surface area contributed by atoms with Crippen LogP contribution in [0.25, 0.3) is 0 Å². The van der Waals surface area contributed by atoms with Crippen molar-refractivity contribution in [1.82, 2.24) is 10.3 Å². The van der Waals surface area contributed by atoms with Crippen LogP contribution in [0.5, 0.6) is 0 Å². The van der Waals surface area contributed by atoms with Crippen LogP contribution in [0.4, 0.5) is 0 Å². The summed E-state index contributed by atoms with van der Waals surface area (Å²) in [5.41, 5.74) is 1.16. The summed E-state index contributed by atoms with van der Waals surface area (Å²) in [6, 6.07) is 0. The minimum Gasteiger partial charge on any atom is -0.371 e. The molecule has 1 heterocycles. The standard InChI is InChI=1S/C15H26N2OS/c1-4-18-14(12-8-6-5-7-9-12)15-17-11(2)13(19-15)10-16-3/h12,14,16H,4-10H2,1-3H3. The molecule has 1 unspecified atom stereocenters. The second kappa shape index (κ2) is 7.36. The fourth-order valence-corrected chi connectivity index (χ4v) is 4.14. The summed E-state index contributed by atoms with van der Waals surface area (Å²) in [4.78, 5) is 6.12. The number of nitrogens with one attached hydrogen (secondary N) is 1. The van der Waals surface area contributed by atoms with Gasteiger partial charge in [0.1, 0.15) is 11.1 Å². The Balaban J connectivity index is 2.15. The van der Waals surface area contributed by atoms with E-state index in [9.17, 15) is 0 Å². The second-order valence-corrected chi connectivity index (χ2v) is 6.48. The maximum atomic E-state index is 6.04. The van der Waals surface area contributed by atoms with Gasteiger partial charge in [-0.2, -0.15) is 0 Å². The molecule has 1 aromatic rings. The number of ether oxygens (including phenoxy) is 1. The Labute approximate surface area is 120 Å². The number of thiazole rings is 1. The van der Waals surface area contributed by atoms with Crippen LogP contribution in [-0.4, -0.2) is 18.6 Å². The molecule has 0 amide bonds. The molecule has 19 heavy (non-hydrogen) atoms. The number of aromatic nitrogens is 1. The van der Waals surface area contributed by atoms with Gasteiger partial charge in [-0.15, -0.1) is 11.3 Å². The number of nitrogens with zero attached hydrogens (tertiary/aromatic N) is 1. The molecule has 108 valence electrons. The average molecular weight is 282 g/mol. The van der Waals surface area contributed by atoms with Crippen molar-refractivity contribution in [2.75, 3.05) is 13.7 Å². The molecule has 0 aliphatic heterocycles. The topological polar surface area (TPSA) is 34.1 Å². The fourth-order valence-electron chi connectivity index (χ4n) is 2.92. The van der Waals surface area contributed by atoms with Gasteiger partial charge in [0.2, 0.25) is 0 Å². The minimum atomic E-state index is 0.222. The predicted octanol–water partition coefficient (Wildman–Crippen LogP) is 3.83. The van der Waals surface area contributed by atoms with E-state index in [4.69, 9.17) is 9.72 Å². The van der Waals surface area contributed by atoms with Gasteiger partial charge in [-0.3, -0.25) is 0 Å². The SMILES string of the molecule is CCOC(c1nc(C)c(CNC)s1)C1CCCCC1. The van der Waals surface area contributed by atoms with Crippen LogP contribution in [0.1, 0.15) is 60.7 Å². The van der Waals surface area contributed by atoms with Gasteiger partial charge in [-0.1, -0.05) is 19.3 Å². The zero-order valence-electron chi connectivity index (χ0n) is 12.4. The first-order chi connectivity index (χ1) is 9.26. The normalized spacial score (nSPS) is 18.7. The van der Waals surface area contributed by atoms with Gasteiger partial charge in [0.05, 0.1) is 5.69 Å². The van der Waals surface area contributed by atoms with Crippen LogP contribution in [0.3, 0.4) is 0 Å². The molecule has 1 aromatic heterocycles. The molecule has 0 spiro atoms. The van der Waals surface area contributed by atoms with Crippen molar-refractivity contribution in [1.29, 1.82) is 0 Å². The maximum Gasteiger partial charge on any atom is 0.122 e. The van der Waals surface area contributed by atoms with Crippen molar-refractivity contribution in [2.45, 2.75) is 58.6 Å². The molecule has 0 radical (unpaired) electrons. The van der Waals surface area contributed by atoms with Gasteiger partial charge in [-0.25, -0.2) is 4.98 Å². The van der Waals surface area contributed by atoms with E-state index in [1.54, 1.807) is 0 Å². The first kappa shape index (κ1) is 14.9. The molecule has 4 heteroatoms. The Morgan fingerprint density at radius 3 is 2.74 bits per heavy atom. The number of hydrogen-bond donors (Lipinski definition) is 1. The molecule has 0 aromatic carbocycles. The lowest BCUT2D eigenvalue weighted by Crippen LogP contribution is -2.19. The quantitative estimate of drug-likeness (QED) is 0.861. The third-order valence-electron chi connectivity index (χ3n) is 3.91. The summed E-state index contributed by atoms with van der Waals surface area (Å²) >= 11 is 1.83. The first-order valence-electron chi connectivity index (χ1n) is 7.48. The molecule has 0 bridgehead atoms. The molecular weight excluding hydrogens is 256 g/mol. The monoisotopic (exact) mass is 282 g/mol. The molecule has 1 aliphatic carbocycles. The van der Waals surface area contributed by atoms with Crippen molar-refractivity contribution in [2.24, 2.45) is 5.92 Å².